The van der Waals surface area contributed by atoms with Gasteiger partial charge in [-0.2, -0.15) is 0 Å². The average Bonchev–Trinajstić information content (AvgIpc) is 3.13. The Morgan fingerprint density at radius 2 is 1.43 bits per heavy atom. The summed E-state index contributed by atoms with van der Waals surface area (Å²) in [6.45, 7) is 3.71. The molecule has 7 heteroatoms. The zero-order valence-corrected chi connectivity index (χ0v) is 16.5. The molecule has 28 heavy (non-hydrogen) atoms. The van der Waals surface area contributed by atoms with Crippen molar-refractivity contribution in [3.8, 4) is 0 Å². The fraction of sp³-hybridized carbons (Fsp3) is 0.714. The molecule has 4 atom stereocenters. The molecule has 2 saturated heterocycles. The summed E-state index contributed by atoms with van der Waals surface area (Å²) in [6, 6.07) is 0. The molecule has 7 nitrogen and oxygen atoms in total. The maximum absolute atomic E-state index is 12.9. The van der Waals surface area contributed by atoms with Crippen molar-refractivity contribution in [2.75, 3.05) is 7.11 Å². The van der Waals surface area contributed by atoms with Crippen LogP contribution in [0.4, 0.5) is 0 Å². The van der Waals surface area contributed by atoms with Gasteiger partial charge in [-0.05, 0) is 26.7 Å². The minimum atomic E-state index is -0.777. The van der Waals surface area contributed by atoms with E-state index in [4.69, 9.17) is 23.7 Å². The Morgan fingerprint density at radius 1 is 0.857 bits per heavy atom. The lowest BCUT2D eigenvalue weighted by Crippen LogP contribution is -2.43. The average molecular weight is 390 g/mol. The van der Waals surface area contributed by atoms with Crippen LogP contribution in [0.5, 0.6) is 0 Å². The van der Waals surface area contributed by atoms with Gasteiger partial charge in [-0.25, -0.2) is 0 Å². The number of ether oxygens (including phenoxy) is 5. The molecule has 0 unspecified atom stereocenters. The Morgan fingerprint density at radius 3 is 2.00 bits per heavy atom. The normalized spacial score (nSPS) is 37.7. The van der Waals surface area contributed by atoms with Crippen molar-refractivity contribution in [2.24, 2.45) is 5.92 Å². The Kier molecular flexibility index (Phi) is 4.28. The van der Waals surface area contributed by atoms with E-state index in [0.29, 0.717) is 48.3 Å². The molecule has 152 valence electrons. The quantitative estimate of drug-likeness (QED) is 0.717. The molecule has 0 aromatic rings. The number of Topliss-reactive ketones (excluding diaryl/α,β-unsaturated/α-hetero) is 2. The molecular formula is C21H26O7. The van der Waals surface area contributed by atoms with Crippen LogP contribution in [0, 0.1) is 5.92 Å². The van der Waals surface area contributed by atoms with Crippen LogP contribution in [-0.4, -0.2) is 49.1 Å². The highest BCUT2D eigenvalue weighted by Gasteiger charge is 2.60. The molecule has 0 spiro atoms. The topological polar surface area (TPSA) is 80.3 Å². The van der Waals surface area contributed by atoms with E-state index in [1.165, 1.54) is 0 Å². The Hall–Kier alpha value is -1.54. The fourth-order valence-corrected chi connectivity index (χ4v) is 5.25. The van der Waals surface area contributed by atoms with Gasteiger partial charge >= 0.3 is 0 Å². The van der Waals surface area contributed by atoms with Crippen molar-refractivity contribution in [3.63, 3.8) is 0 Å². The maximum atomic E-state index is 12.9. The van der Waals surface area contributed by atoms with E-state index in [9.17, 15) is 9.59 Å². The number of carbonyl (C=O) groups excluding carboxylic acids is 2. The molecule has 0 saturated carbocycles. The molecule has 0 bridgehead atoms. The summed E-state index contributed by atoms with van der Waals surface area (Å²) < 4.78 is 30.0. The number of allylic oxidation sites excluding steroid dienone is 2. The van der Waals surface area contributed by atoms with Gasteiger partial charge in [0.05, 0.1) is 5.92 Å². The van der Waals surface area contributed by atoms with Crippen LogP contribution in [0.15, 0.2) is 22.7 Å². The van der Waals surface area contributed by atoms with Crippen LogP contribution >= 0.6 is 0 Å². The molecule has 0 aromatic carbocycles. The van der Waals surface area contributed by atoms with Gasteiger partial charge in [-0.15, -0.1) is 0 Å². The van der Waals surface area contributed by atoms with E-state index >= 15 is 0 Å². The van der Waals surface area contributed by atoms with Gasteiger partial charge in [-0.1, -0.05) is 0 Å². The standard InChI is InChI=1S/C21H26O7/c1-21(2)27-18-17(26-20(24-3)19(18)28-21)16-14-10(22)6-4-8-12(14)25-13-9-5-7-11(23)15(13)16/h16-20H,4-9H2,1-3H3/t17-,18-,19-,20-/m1/s1. The maximum Gasteiger partial charge on any atom is 0.186 e. The molecule has 2 fully saturated rings. The molecule has 5 aliphatic rings. The van der Waals surface area contributed by atoms with Gasteiger partial charge < -0.3 is 23.7 Å². The smallest absolute Gasteiger partial charge is 0.186 e. The molecule has 0 amide bonds. The van der Waals surface area contributed by atoms with Gasteiger partial charge in [0.1, 0.15) is 29.8 Å². The third kappa shape index (κ3) is 2.71. The lowest BCUT2D eigenvalue weighted by molar-refractivity contribution is -0.230. The Bertz CT molecular complexity index is 751. The highest BCUT2D eigenvalue weighted by molar-refractivity contribution is 6.04. The number of hydrogen-bond acceptors (Lipinski definition) is 7. The largest absolute Gasteiger partial charge is 0.465 e. The van der Waals surface area contributed by atoms with Crippen LogP contribution in [0.1, 0.15) is 52.4 Å². The van der Waals surface area contributed by atoms with Crippen molar-refractivity contribution in [2.45, 2.75) is 82.8 Å². The number of carbonyl (C=O) groups is 2. The predicted molar refractivity (Wildman–Crippen MR) is 95.8 cm³/mol. The summed E-state index contributed by atoms with van der Waals surface area (Å²) in [6.07, 6.45) is 1.93. The van der Waals surface area contributed by atoms with Crippen LogP contribution in [0.25, 0.3) is 0 Å². The summed E-state index contributed by atoms with van der Waals surface area (Å²) in [7, 11) is 1.57. The van der Waals surface area contributed by atoms with E-state index in [1.54, 1.807) is 7.11 Å². The summed E-state index contributed by atoms with van der Waals surface area (Å²) in [5.74, 6) is 0.221. The molecular weight excluding hydrogens is 364 g/mol. The van der Waals surface area contributed by atoms with Crippen molar-refractivity contribution >= 4 is 11.6 Å². The third-order valence-corrected chi connectivity index (χ3v) is 6.29. The van der Waals surface area contributed by atoms with Gasteiger partial charge in [0.2, 0.25) is 0 Å². The van der Waals surface area contributed by atoms with E-state index in [-0.39, 0.29) is 11.6 Å². The summed E-state index contributed by atoms with van der Waals surface area (Å²) in [5.41, 5.74) is 1.18. The molecule has 5 rings (SSSR count). The lowest BCUT2D eigenvalue weighted by atomic mass is 9.72. The lowest BCUT2D eigenvalue weighted by Gasteiger charge is -2.39. The van der Waals surface area contributed by atoms with Crippen LogP contribution in [-0.2, 0) is 33.3 Å². The van der Waals surface area contributed by atoms with Crippen LogP contribution in [0.3, 0.4) is 0 Å². The number of methoxy groups -OCH3 is 1. The number of ketones is 2. The second-order valence-electron chi connectivity index (χ2n) is 8.58. The minimum Gasteiger partial charge on any atom is -0.465 e. The van der Waals surface area contributed by atoms with E-state index < -0.39 is 36.3 Å². The zero-order chi connectivity index (χ0) is 19.6. The van der Waals surface area contributed by atoms with Crippen LogP contribution < -0.4 is 0 Å². The van der Waals surface area contributed by atoms with Crippen molar-refractivity contribution in [3.05, 3.63) is 22.7 Å². The molecule has 2 aliphatic carbocycles. The Balaban J connectivity index is 1.61. The van der Waals surface area contributed by atoms with Crippen molar-refractivity contribution in [1.29, 1.82) is 0 Å². The van der Waals surface area contributed by atoms with E-state index in [2.05, 4.69) is 0 Å². The number of fused-ring (bicyclic) bond motifs is 1. The molecule has 3 aliphatic heterocycles. The first kappa shape index (κ1) is 18.5. The summed E-state index contributed by atoms with van der Waals surface area (Å²) in [4.78, 5) is 25.8. The number of rotatable bonds is 2. The second-order valence-corrected chi connectivity index (χ2v) is 8.58. The van der Waals surface area contributed by atoms with Crippen molar-refractivity contribution in [1.82, 2.24) is 0 Å². The zero-order valence-electron chi connectivity index (χ0n) is 16.5. The first-order chi connectivity index (χ1) is 13.4. The van der Waals surface area contributed by atoms with Gasteiger partial charge in [-0.3, -0.25) is 9.59 Å². The molecule has 0 aromatic heterocycles. The van der Waals surface area contributed by atoms with Gasteiger partial charge in [0.25, 0.3) is 0 Å². The second kappa shape index (κ2) is 6.49. The fourth-order valence-electron chi connectivity index (χ4n) is 5.25. The van der Waals surface area contributed by atoms with E-state index in [1.807, 2.05) is 13.8 Å². The summed E-state index contributed by atoms with van der Waals surface area (Å²) >= 11 is 0. The molecule has 3 heterocycles. The monoisotopic (exact) mass is 390 g/mol. The molecule has 0 radical (unpaired) electrons. The van der Waals surface area contributed by atoms with Crippen molar-refractivity contribution < 1.29 is 33.3 Å². The Labute approximate surface area is 164 Å². The van der Waals surface area contributed by atoms with Crippen LogP contribution in [0.2, 0.25) is 0 Å². The molecule has 0 N–H and O–H groups in total. The highest BCUT2D eigenvalue weighted by atomic mass is 16.8. The van der Waals surface area contributed by atoms with Gasteiger partial charge in [0.15, 0.2) is 23.6 Å². The first-order valence-electron chi connectivity index (χ1n) is 10.1. The predicted octanol–water partition coefficient (Wildman–Crippen LogP) is 2.54. The van der Waals surface area contributed by atoms with Gasteiger partial charge in [0, 0.05) is 43.9 Å². The first-order valence-corrected chi connectivity index (χ1v) is 10.1. The highest BCUT2D eigenvalue weighted by Crippen LogP contribution is 2.50. The SMILES string of the molecule is CO[C@@H]1O[C@H](C2C3=C(CCCC3=O)OC3=C2C(=O)CCC3)[C@H]2OC(C)(C)O[C@@H]12. The third-order valence-electron chi connectivity index (χ3n) is 6.29. The number of hydrogen-bond donors (Lipinski definition) is 0. The van der Waals surface area contributed by atoms with E-state index in [0.717, 1.165) is 12.8 Å². The minimum absolute atomic E-state index is 0.0374. The summed E-state index contributed by atoms with van der Waals surface area (Å²) in [5, 5.41) is 0.